The van der Waals surface area contributed by atoms with E-state index >= 15 is 0 Å². The molecule has 1 aliphatic heterocycles. The first-order chi connectivity index (χ1) is 8.97. The Morgan fingerprint density at radius 1 is 1.32 bits per heavy atom. The maximum atomic E-state index is 11.2. The van der Waals surface area contributed by atoms with Crippen molar-refractivity contribution in [1.29, 1.82) is 0 Å². The maximum absolute atomic E-state index is 11.2. The molecule has 2 rings (SSSR count). The summed E-state index contributed by atoms with van der Waals surface area (Å²) in [7, 11) is 0. The van der Waals surface area contributed by atoms with Crippen molar-refractivity contribution in [2.24, 2.45) is 11.8 Å². The predicted octanol–water partition coefficient (Wildman–Crippen LogP) is 2.12. The third-order valence-corrected chi connectivity index (χ3v) is 4.95. The number of carbonyl (C=O) groups is 2. The average molecular weight is 348 g/mol. The molecule has 2 unspecified atom stereocenters. The molecular formula is C12H14BrNO4S. The van der Waals surface area contributed by atoms with Crippen LogP contribution in [-0.4, -0.2) is 40.1 Å². The number of carboxylic acid groups (broad SMARTS) is 2. The molecule has 1 aliphatic rings. The highest BCUT2D eigenvalue weighted by atomic mass is 79.9. The highest BCUT2D eigenvalue weighted by Crippen LogP contribution is 2.28. The highest BCUT2D eigenvalue weighted by molar-refractivity contribution is 9.11. The number of rotatable bonds is 4. The van der Waals surface area contributed by atoms with Crippen LogP contribution in [0.4, 0.5) is 0 Å². The number of piperidine rings is 1. The summed E-state index contributed by atoms with van der Waals surface area (Å²) in [5, 5.41) is 18.2. The molecule has 7 heteroatoms. The Morgan fingerprint density at radius 2 is 2.00 bits per heavy atom. The molecule has 2 N–H and O–H groups in total. The molecule has 1 aromatic rings. The van der Waals surface area contributed by atoms with E-state index in [0.29, 0.717) is 26.1 Å². The lowest BCUT2D eigenvalue weighted by Crippen LogP contribution is -2.45. The molecule has 5 nitrogen and oxygen atoms in total. The second-order valence-corrected chi connectivity index (χ2v) is 7.17. The van der Waals surface area contributed by atoms with Crippen molar-refractivity contribution in [3.8, 4) is 0 Å². The Labute approximate surface area is 123 Å². The van der Waals surface area contributed by atoms with Gasteiger partial charge in [-0.15, -0.1) is 11.3 Å². The smallest absolute Gasteiger partial charge is 0.308 e. The van der Waals surface area contributed by atoms with Gasteiger partial charge in [0.1, 0.15) is 0 Å². The first-order valence-corrected chi connectivity index (χ1v) is 7.50. The zero-order valence-electron chi connectivity index (χ0n) is 10.1. The minimum absolute atomic E-state index is 0.293. The average Bonchev–Trinajstić information content (AvgIpc) is 2.74. The lowest BCUT2D eigenvalue weighted by Gasteiger charge is -2.34. The topological polar surface area (TPSA) is 77.8 Å². The van der Waals surface area contributed by atoms with Crippen LogP contribution >= 0.6 is 27.3 Å². The molecule has 2 heterocycles. The summed E-state index contributed by atoms with van der Waals surface area (Å²) in [6.45, 7) is 1.59. The van der Waals surface area contributed by atoms with Gasteiger partial charge >= 0.3 is 11.9 Å². The highest BCUT2D eigenvalue weighted by Gasteiger charge is 2.38. The fourth-order valence-electron chi connectivity index (χ4n) is 2.37. The summed E-state index contributed by atoms with van der Waals surface area (Å²) >= 11 is 5.00. The summed E-state index contributed by atoms with van der Waals surface area (Å²) in [5.74, 6) is -3.63. The van der Waals surface area contributed by atoms with Gasteiger partial charge in [-0.25, -0.2) is 0 Å². The molecule has 1 fully saturated rings. The van der Waals surface area contributed by atoms with Gasteiger partial charge in [-0.2, -0.15) is 0 Å². The van der Waals surface area contributed by atoms with Gasteiger partial charge in [0.05, 0.1) is 15.6 Å². The van der Waals surface area contributed by atoms with Crippen molar-refractivity contribution in [3.05, 3.63) is 20.8 Å². The number of carboxylic acids is 2. The number of hydrogen-bond donors (Lipinski definition) is 2. The Kier molecular flexibility index (Phi) is 4.59. The van der Waals surface area contributed by atoms with E-state index in [2.05, 4.69) is 15.9 Å². The first kappa shape index (κ1) is 14.5. The summed E-state index contributed by atoms with van der Waals surface area (Å²) in [6, 6.07) is 3.95. The number of aliphatic carboxylic acids is 2. The van der Waals surface area contributed by atoms with Gasteiger partial charge in [-0.1, -0.05) is 0 Å². The number of likely N-dealkylation sites (tertiary alicyclic amines) is 1. The van der Waals surface area contributed by atoms with Crippen LogP contribution < -0.4 is 0 Å². The largest absolute Gasteiger partial charge is 0.481 e. The van der Waals surface area contributed by atoms with Crippen molar-refractivity contribution in [2.45, 2.75) is 13.0 Å². The van der Waals surface area contributed by atoms with Crippen LogP contribution in [0.15, 0.2) is 15.9 Å². The Morgan fingerprint density at radius 3 is 2.53 bits per heavy atom. The zero-order chi connectivity index (χ0) is 14.0. The van der Waals surface area contributed by atoms with Crippen LogP contribution in [0.1, 0.15) is 11.3 Å². The molecular weight excluding hydrogens is 334 g/mol. The fraction of sp³-hybridized carbons (Fsp3) is 0.500. The second kappa shape index (κ2) is 6.02. The maximum Gasteiger partial charge on any atom is 0.308 e. The SMILES string of the molecule is O=C(O)C1CCN(Cc2ccc(Br)s2)CC1C(=O)O. The predicted molar refractivity (Wildman–Crippen MR) is 74.2 cm³/mol. The van der Waals surface area contributed by atoms with Gasteiger partial charge in [-0.3, -0.25) is 14.5 Å². The third-order valence-electron chi connectivity index (χ3n) is 3.34. The van der Waals surface area contributed by atoms with E-state index < -0.39 is 23.8 Å². The van der Waals surface area contributed by atoms with Crippen molar-refractivity contribution in [1.82, 2.24) is 4.90 Å². The van der Waals surface area contributed by atoms with E-state index in [4.69, 9.17) is 10.2 Å². The Hall–Kier alpha value is -0.920. The lowest BCUT2D eigenvalue weighted by molar-refractivity contribution is -0.157. The molecule has 1 aromatic heterocycles. The van der Waals surface area contributed by atoms with Crippen molar-refractivity contribution >= 4 is 39.2 Å². The van der Waals surface area contributed by atoms with Gasteiger partial charge < -0.3 is 10.2 Å². The van der Waals surface area contributed by atoms with Crippen molar-refractivity contribution in [3.63, 3.8) is 0 Å². The molecule has 0 aromatic carbocycles. The number of thiophene rings is 1. The first-order valence-electron chi connectivity index (χ1n) is 5.89. The standard InChI is InChI=1S/C12H14BrNO4S/c13-10-2-1-7(19-10)5-14-4-3-8(11(15)16)9(6-14)12(17)18/h1-2,8-9H,3-6H2,(H,15,16)(H,17,18). The zero-order valence-corrected chi connectivity index (χ0v) is 12.5. The van der Waals surface area contributed by atoms with Gasteiger partial charge in [0, 0.05) is 18.0 Å². The Balaban J connectivity index is 2.02. The minimum atomic E-state index is -1.02. The Bertz CT molecular complexity index is 490. The van der Waals surface area contributed by atoms with Gasteiger partial charge in [0.15, 0.2) is 0 Å². The minimum Gasteiger partial charge on any atom is -0.481 e. The molecule has 0 spiro atoms. The molecule has 104 valence electrons. The van der Waals surface area contributed by atoms with E-state index in [1.165, 1.54) is 0 Å². The monoisotopic (exact) mass is 347 g/mol. The summed E-state index contributed by atoms with van der Waals surface area (Å²) in [6.07, 6.45) is 0.388. The van der Waals surface area contributed by atoms with Crippen LogP contribution in [0.2, 0.25) is 0 Å². The van der Waals surface area contributed by atoms with Gasteiger partial charge in [-0.05, 0) is 41.0 Å². The van der Waals surface area contributed by atoms with E-state index in [1.807, 2.05) is 17.0 Å². The van der Waals surface area contributed by atoms with Crippen molar-refractivity contribution in [2.75, 3.05) is 13.1 Å². The van der Waals surface area contributed by atoms with Crippen LogP contribution in [0.25, 0.3) is 0 Å². The second-order valence-electron chi connectivity index (χ2n) is 4.62. The molecule has 19 heavy (non-hydrogen) atoms. The van der Waals surface area contributed by atoms with E-state index in [-0.39, 0.29) is 0 Å². The van der Waals surface area contributed by atoms with E-state index in [1.54, 1.807) is 11.3 Å². The van der Waals surface area contributed by atoms with Crippen LogP contribution in [-0.2, 0) is 16.1 Å². The molecule has 0 amide bonds. The van der Waals surface area contributed by atoms with E-state index in [9.17, 15) is 9.59 Å². The fourth-order valence-corrected chi connectivity index (χ4v) is 3.89. The quantitative estimate of drug-likeness (QED) is 0.872. The third kappa shape index (κ3) is 3.55. The summed E-state index contributed by atoms with van der Waals surface area (Å²) < 4.78 is 1.04. The molecule has 0 saturated carbocycles. The summed E-state index contributed by atoms with van der Waals surface area (Å²) in [5.41, 5.74) is 0. The summed E-state index contributed by atoms with van der Waals surface area (Å²) in [4.78, 5) is 25.4. The molecule has 0 bridgehead atoms. The van der Waals surface area contributed by atoms with Crippen LogP contribution in [0.3, 0.4) is 0 Å². The number of halogens is 1. The molecule has 1 saturated heterocycles. The van der Waals surface area contributed by atoms with Crippen molar-refractivity contribution < 1.29 is 19.8 Å². The molecule has 0 radical (unpaired) electrons. The van der Waals surface area contributed by atoms with Crippen LogP contribution in [0, 0.1) is 11.8 Å². The molecule has 0 aliphatic carbocycles. The normalized spacial score (nSPS) is 24.3. The van der Waals surface area contributed by atoms with Gasteiger partial charge in [0.2, 0.25) is 0 Å². The van der Waals surface area contributed by atoms with Crippen LogP contribution in [0.5, 0.6) is 0 Å². The lowest BCUT2D eigenvalue weighted by atomic mass is 9.85. The molecule has 2 atom stereocenters. The van der Waals surface area contributed by atoms with Gasteiger partial charge in [0.25, 0.3) is 0 Å². The number of nitrogens with zero attached hydrogens (tertiary/aromatic N) is 1. The number of hydrogen-bond acceptors (Lipinski definition) is 4. The van der Waals surface area contributed by atoms with E-state index in [0.717, 1.165) is 8.66 Å².